The molecule has 0 spiro atoms. The fraction of sp³-hybridized carbons (Fsp3) is 0.500. The quantitative estimate of drug-likeness (QED) is 0.832. The van der Waals surface area contributed by atoms with Crippen LogP contribution in [0.2, 0.25) is 0 Å². The molecule has 2 rings (SSSR count). The fourth-order valence-electron chi connectivity index (χ4n) is 1.89. The smallest absolute Gasteiger partial charge is 0.152 e. The standard InChI is InChI=1S/C12H17ClN4/c1-9(2)7-10(8-13)16-12-11-3-4-15-17(11)6-5-14-12/h3-6,9-10H,7-8H2,1-2H3,(H,14,16). The molecule has 0 fully saturated rings. The monoisotopic (exact) mass is 252 g/mol. The average Bonchev–Trinajstić information content (AvgIpc) is 2.76. The van der Waals surface area contributed by atoms with Crippen molar-refractivity contribution in [3.05, 3.63) is 24.7 Å². The Bertz CT molecular complexity index is 480. The highest BCUT2D eigenvalue weighted by Gasteiger charge is 2.12. The van der Waals surface area contributed by atoms with E-state index in [1.54, 1.807) is 16.9 Å². The molecular formula is C12H17ClN4. The van der Waals surface area contributed by atoms with Gasteiger partial charge in [0.25, 0.3) is 0 Å². The molecule has 1 unspecified atom stereocenters. The number of nitrogens with one attached hydrogen (secondary N) is 1. The average molecular weight is 253 g/mol. The predicted octanol–water partition coefficient (Wildman–Crippen LogP) is 2.79. The van der Waals surface area contributed by atoms with E-state index >= 15 is 0 Å². The molecule has 0 saturated heterocycles. The summed E-state index contributed by atoms with van der Waals surface area (Å²) in [7, 11) is 0. The van der Waals surface area contributed by atoms with Crippen LogP contribution in [0.3, 0.4) is 0 Å². The topological polar surface area (TPSA) is 42.2 Å². The second-order valence-corrected chi connectivity index (χ2v) is 4.87. The van der Waals surface area contributed by atoms with E-state index in [2.05, 4.69) is 29.2 Å². The maximum atomic E-state index is 5.97. The lowest BCUT2D eigenvalue weighted by Gasteiger charge is -2.18. The Hall–Kier alpha value is -1.29. The Balaban J connectivity index is 2.19. The number of fused-ring (bicyclic) bond motifs is 1. The molecule has 0 aromatic carbocycles. The van der Waals surface area contributed by atoms with Crippen LogP contribution >= 0.6 is 11.6 Å². The van der Waals surface area contributed by atoms with Gasteiger partial charge in [-0.25, -0.2) is 9.50 Å². The molecule has 0 aliphatic rings. The highest BCUT2D eigenvalue weighted by molar-refractivity contribution is 6.18. The Morgan fingerprint density at radius 3 is 2.94 bits per heavy atom. The van der Waals surface area contributed by atoms with Crippen molar-refractivity contribution < 1.29 is 0 Å². The molecule has 1 N–H and O–H groups in total. The number of rotatable bonds is 5. The number of halogens is 1. The highest BCUT2D eigenvalue weighted by Crippen LogP contribution is 2.16. The van der Waals surface area contributed by atoms with E-state index in [4.69, 9.17) is 11.6 Å². The normalized spacial score (nSPS) is 13.2. The third-order valence-corrected chi connectivity index (χ3v) is 2.98. The van der Waals surface area contributed by atoms with Crippen LogP contribution in [0.15, 0.2) is 24.7 Å². The molecule has 2 heterocycles. The van der Waals surface area contributed by atoms with Gasteiger partial charge in [-0.3, -0.25) is 0 Å². The van der Waals surface area contributed by atoms with Crippen LogP contribution in [-0.4, -0.2) is 26.5 Å². The maximum absolute atomic E-state index is 5.97. The summed E-state index contributed by atoms with van der Waals surface area (Å²) in [6.45, 7) is 4.38. The second kappa shape index (κ2) is 5.36. The van der Waals surface area contributed by atoms with Gasteiger partial charge in [0.05, 0.1) is 6.20 Å². The van der Waals surface area contributed by atoms with Gasteiger partial charge >= 0.3 is 0 Å². The van der Waals surface area contributed by atoms with E-state index in [1.807, 2.05) is 12.3 Å². The van der Waals surface area contributed by atoms with Crippen molar-refractivity contribution in [1.29, 1.82) is 0 Å². The molecule has 0 aliphatic carbocycles. The lowest BCUT2D eigenvalue weighted by atomic mass is 10.1. The van der Waals surface area contributed by atoms with Gasteiger partial charge in [0.2, 0.25) is 0 Å². The van der Waals surface area contributed by atoms with E-state index in [0.29, 0.717) is 11.8 Å². The van der Waals surface area contributed by atoms with Crippen LogP contribution in [0.1, 0.15) is 20.3 Å². The molecule has 0 saturated carbocycles. The van der Waals surface area contributed by atoms with E-state index in [1.165, 1.54) is 0 Å². The lowest BCUT2D eigenvalue weighted by molar-refractivity contribution is 0.541. The lowest BCUT2D eigenvalue weighted by Crippen LogP contribution is -2.24. The van der Waals surface area contributed by atoms with Gasteiger partial charge < -0.3 is 5.32 Å². The van der Waals surface area contributed by atoms with E-state index in [-0.39, 0.29) is 6.04 Å². The molecule has 0 bridgehead atoms. The first-order valence-electron chi connectivity index (χ1n) is 5.81. The summed E-state index contributed by atoms with van der Waals surface area (Å²) in [4.78, 5) is 4.34. The van der Waals surface area contributed by atoms with Crippen molar-refractivity contribution in [3.8, 4) is 0 Å². The minimum atomic E-state index is 0.241. The first-order chi connectivity index (χ1) is 8.20. The van der Waals surface area contributed by atoms with Gasteiger partial charge in [-0.05, 0) is 18.4 Å². The Labute approximate surface area is 106 Å². The molecule has 92 valence electrons. The third kappa shape index (κ3) is 2.88. The molecule has 17 heavy (non-hydrogen) atoms. The molecule has 2 aromatic heterocycles. The summed E-state index contributed by atoms with van der Waals surface area (Å²) in [6, 6.07) is 2.18. The number of alkyl halides is 1. The Morgan fingerprint density at radius 1 is 1.41 bits per heavy atom. The van der Waals surface area contributed by atoms with Crippen molar-refractivity contribution in [2.24, 2.45) is 5.92 Å². The van der Waals surface area contributed by atoms with Crippen LogP contribution in [0.4, 0.5) is 5.82 Å². The minimum absolute atomic E-state index is 0.241. The molecule has 1 atom stereocenters. The zero-order chi connectivity index (χ0) is 12.3. The van der Waals surface area contributed by atoms with Gasteiger partial charge in [-0.1, -0.05) is 13.8 Å². The van der Waals surface area contributed by atoms with Crippen LogP contribution in [0.25, 0.3) is 5.52 Å². The SMILES string of the molecule is CC(C)CC(CCl)Nc1nccn2nccc12. The van der Waals surface area contributed by atoms with Gasteiger partial charge in [-0.15, -0.1) is 11.6 Å². The second-order valence-electron chi connectivity index (χ2n) is 4.56. The van der Waals surface area contributed by atoms with Gasteiger partial charge in [0.15, 0.2) is 5.82 Å². The van der Waals surface area contributed by atoms with E-state index in [0.717, 1.165) is 17.8 Å². The Kier molecular flexibility index (Phi) is 3.84. The molecule has 2 aromatic rings. The van der Waals surface area contributed by atoms with Crippen LogP contribution in [-0.2, 0) is 0 Å². The van der Waals surface area contributed by atoms with Crippen LogP contribution < -0.4 is 5.32 Å². The minimum Gasteiger partial charge on any atom is -0.364 e. The third-order valence-electron chi connectivity index (χ3n) is 2.61. The molecule has 0 radical (unpaired) electrons. The molecular weight excluding hydrogens is 236 g/mol. The Morgan fingerprint density at radius 2 is 2.24 bits per heavy atom. The van der Waals surface area contributed by atoms with Crippen molar-refractivity contribution in [1.82, 2.24) is 14.6 Å². The predicted molar refractivity (Wildman–Crippen MR) is 70.6 cm³/mol. The van der Waals surface area contributed by atoms with Crippen LogP contribution in [0, 0.1) is 5.92 Å². The van der Waals surface area contributed by atoms with Crippen molar-refractivity contribution >= 4 is 22.9 Å². The summed E-state index contributed by atoms with van der Waals surface area (Å²) >= 11 is 5.97. The van der Waals surface area contributed by atoms with Crippen molar-refractivity contribution in [2.45, 2.75) is 26.3 Å². The molecule has 0 amide bonds. The first-order valence-corrected chi connectivity index (χ1v) is 6.35. The fourth-order valence-corrected chi connectivity index (χ4v) is 2.09. The van der Waals surface area contributed by atoms with E-state index < -0.39 is 0 Å². The van der Waals surface area contributed by atoms with Gasteiger partial charge in [0.1, 0.15) is 5.52 Å². The van der Waals surface area contributed by atoms with Crippen molar-refractivity contribution in [2.75, 3.05) is 11.2 Å². The first kappa shape index (κ1) is 12.2. The number of hydrogen-bond donors (Lipinski definition) is 1. The van der Waals surface area contributed by atoms with Crippen LogP contribution in [0.5, 0.6) is 0 Å². The molecule has 0 aliphatic heterocycles. The number of nitrogens with zero attached hydrogens (tertiary/aromatic N) is 3. The zero-order valence-electron chi connectivity index (χ0n) is 10.1. The number of hydrogen-bond acceptors (Lipinski definition) is 3. The number of anilines is 1. The van der Waals surface area contributed by atoms with Gasteiger partial charge in [-0.2, -0.15) is 5.10 Å². The number of aromatic nitrogens is 3. The molecule has 5 heteroatoms. The van der Waals surface area contributed by atoms with Crippen molar-refractivity contribution in [3.63, 3.8) is 0 Å². The summed E-state index contributed by atoms with van der Waals surface area (Å²) in [5.41, 5.74) is 0.978. The maximum Gasteiger partial charge on any atom is 0.152 e. The molecule has 4 nitrogen and oxygen atoms in total. The summed E-state index contributed by atoms with van der Waals surface area (Å²) < 4.78 is 1.80. The largest absolute Gasteiger partial charge is 0.364 e. The zero-order valence-corrected chi connectivity index (χ0v) is 10.9. The van der Waals surface area contributed by atoms with Gasteiger partial charge in [0, 0.05) is 24.3 Å². The summed E-state index contributed by atoms with van der Waals surface area (Å²) in [6.07, 6.45) is 6.36. The summed E-state index contributed by atoms with van der Waals surface area (Å²) in [5, 5.41) is 7.56. The summed E-state index contributed by atoms with van der Waals surface area (Å²) in [5.74, 6) is 2.03. The van der Waals surface area contributed by atoms with E-state index in [9.17, 15) is 0 Å². The highest BCUT2D eigenvalue weighted by atomic mass is 35.5.